The van der Waals surface area contributed by atoms with E-state index in [0.717, 1.165) is 5.56 Å². The summed E-state index contributed by atoms with van der Waals surface area (Å²) >= 11 is 0. The van der Waals surface area contributed by atoms with E-state index in [1.165, 1.54) is 11.0 Å². The Morgan fingerprint density at radius 1 is 1.25 bits per heavy atom. The number of hydrogen-bond donors (Lipinski definition) is 2. The first-order valence-corrected chi connectivity index (χ1v) is 9.18. The first-order chi connectivity index (χ1) is 11.1. The number of aryl methyl sites for hydroxylation is 2. The van der Waals surface area contributed by atoms with Crippen LogP contribution in [-0.2, 0) is 10.0 Å². The molecular weight excluding hydrogens is 343 g/mol. The second-order valence-corrected chi connectivity index (χ2v) is 7.70. The molecule has 9 heteroatoms. The zero-order valence-corrected chi connectivity index (χ0v) is 14.5. The van der Waals surface area contributed by atoms with Crippen molar-refractivity contribution in [3.8, 4) is 0 Å². The summed E-state index contributed by atoms with van der Waals surface area (Å²) in [4.78, 5) is 1.27. The number of halogens is 3. The van der Waals surface area contributed by atoms with Crippen LogP contribution in [-0.4, -0.2) is 58.3 Å². The maximum Gasteiger partial charge on any atom is 0.405 e. The lowest BCUT2D eigenvalue weighted by Crippen LogP contribution is -2.57. The van der Waals surface area contributed by atoms with Gasteiger partial charge in [-0.15, -0.1) is 0 Å². The summed E-state index contributed by atoms with van der Waals surface area (Å²) in [6.45, 7) is 4.12. The molecule has 0 radical (unpaired) electrons. The second-order valence-electron chi connectivity index (χ2n) is 5.96. The highest BCUT2D eigenvalue weighted by Crippen LogP contribution is 2.25. The number of nitrogens with zero attached hydrogens (tertiary/aromatic N) is 1. The molecule has 1 aromatic carbocycles. The smallest absolute Gasteiger partial charge is 0.314 e. The summed E-state index contributed by atoms with van der Waals surface area (Å²) in [6, 6.07) is 2.89. The molecule has 0 amide bonds. The molecule has 2 N–H and O–H groups in total. The van der Waals surface area contributed by atoms with Crippen molar-refractivity contribution in [1.82, 2.24) is 14.9 Å². The third-order valence-corrected chi connectivity index (χ3v) is 5.64. The van der Waals surface area contributed by atoms with Crippen molar-refractivity contribution >= 4 is 10.0 Å². The van der Waals surface area contributed by atoms with Crippen molar-refractivity contribution < 1.29 is 21.6 Å². The molecule has 1 fully saturated rings. The highest BCUT2D eigenvalue weighted by atomic mass is 32.2. The Hall–Kier alpha value is -1.16. The Morgan fingerprint density at radius 3 is 2.42 bits per heavy atom. The van der Waals surface area contributed by atoms with E-state index in [-0.39, 0.29) is 18.0 Å². The topological polar surface area (TPSA) is 61.4 Å². The molecule has 0 bridgehead atoms. The molecule has 5 nitrogen and oxygen atoms in total. The fraction of sp³-hybridized carbons (Fsp3) is 0.600. The van der Waals surface area contributed by atoms with Crippen LogP contribution < -0.4 is 10.0 Å². The predicted molar refractivity (Wildman–Crippen MR) is 85.4 cm³/mol. The third-order valence-electron chi connectivity index (χ3n) is 4.06. The lowest BCUT2D eigenvalue weighted by Gasteiger charge is -2.35. The molecule has 2 rings (SSSR count). The molecule has 1 heterocycles. The van der Waals surface area contributed by atoms with Crippen LogP contribution in [0.25, 0.3) is 0 Å². The molecule has 136 valence electrons. The van der Waals surface area contributed by atoms with Gasteiger partial charge in [0.15, 0.2) is 0 Å². The van der Waals surface area contributed by atoms with Crippen molar-refractivity contribution in [3.63, 3.8) is 0 Å². The van der Waals surface area contributed by atoms with Gasteiger partial charge in [-0.2, -0.15) is 13.2 Å². The number of hydrogen-bond acceptors (Lipinski definition) is 4. The van der Waals surface area contributed by atoms with Crippen molar-refractivity contribution in [2.45, 2.75) is 31.0 Å². The monoisotopic (exact) mass is 365 g/mol. The molecule has 1 aliphatic rings. The first-order valence-electron chi connectivity index (χ1n) is 7.69. The van der Waals surface area contributed by atoms with E-state index in [2.05, 4.69) is 10.0 Å². The minimum Gasteiger partial charge on any atom is -0.314 e. The van der Waals surface area contributed by atoms with Gasteiger partial charge >= 0.3 is 6.18 Å². The van der Waals surface area contributed by atoms with Crippen molar-refractivity contribution in [2.75, 3.05) is 32.7 Å². The average molecular weight is 365 g/mol. The lowest BCUT2D eigenvalue weighted by atomic mass is 10.2. The van der Waals surface area contributed by atoms with E-state index in [9.17, 15) is 21.6 Å². The zero-order valence-electron chi connectivity index (χ0n) is 13.7. The Balaban J connectivity index is 2.15. The highest BCUT2D eigenvalue weighted by molar-refractivity contribution is 7.89. The van der Waals surface area contributed by atoms with Crippen molar-refractivity contribution in [2.24, 2.45) is 0 Å². The third kappa shape index (κ3) is 4.69. The zero-order chi connectivity index (χ0) is 18.0. The van der Waals surface area contributed by atoms with Crippen LogP contribution in [0.3, 0.4) is 0 Å². The van der Waals surface area contributed by atoms with Gasteiger partial charge < -0.3 is 5.32 Å². The fourth-order valence-electron chi connectivity index (χ4n) is 2.81. The maximum absolute atomic E-state index is 13.3. The molecule has 0 aliphatic carbocycles. The van der Waals surface area contributed by atoms with Gasteiger partial charge in [-0.05, 0) is 25.5 Å². The molecule has 24 heavy (non-hydrogen) atoms. The van der Waals surface area contributed by atoms with Gasteiger partial charge in [0.05, 0.1) is 4.90 Å². The standard InChI is InChI=1S/C15H22F3N3O2S/c1-11-3-4-13(12(2)9-11)24(22,23)20-10-14(15(16,17)18)21-7-5-19-6-8-21/h3-4,9,14,19-20H,5-8,10H2,1-2H3. The number of nitrogens with one attached hydrogen (secondary N) is 2. The molecule has 1 atom stereocenters. The summed E-state index contributed by atoms with van der Waals surface area (Å²) in [6.07, 6.45) is -4.50. The van der Waals surface area contributed by atoms with Crippen LogP contribution in [0.5, 0.6) is 0 Å². The normalized spacial score (nSPS) is 18.5. The molecule has 0 spiro atoms. The van der Waals surface area contributed by atoms with Crippen LogP contribution in [0.4, 0.5) is 13.2 Å². The molecule has 1 saturated heterocycles. The van der Waals surface area contributed by atoms with Crippen molar-refractivity contribution in [1.29, 1.82) is 0 Å². The minimum atomic E-state index is -4.50. The molecular formula is C15H22F3N3O2S. The van der Waals surface area contributed by atoms with Crippen LogP contribution >= 0.6 is 0 Å². The highest BCUT2D eigenvalue weighted by Gasteiger charge is 2.44. The van der Waals surface area contributed by atoms with E-state index in [1.807, 2.05) is 6.92 Å². The minimum absolute atomic E-state index is 0.00864. The predicted octanol–water partition coefficient (Wildman–Crippen LogP) is 1.42. The van der Waals surface area contributed by atoms with E-state index in [1.54, 1.807) is 19.1 Å². The fourth-order valence-corrected chi connectivity index (χ4v) is 4.08. The van der Waals surface area contributed by atoms with Crippen LogP contribution in [0.15, 0.2) is 23.1 Å². The lowest BCUT2D eigenvalue weighted by molar-refractivity contribution is -0.182. The van der Waals surface area contributed by atoms with Crippen LogP contribution in [0, 0.1) is 13.8 Å². The number of sulfonamides is 1. The maximum atomic E-state index is 13.3. The quantitative estimate of drug-likeness (QED) is 0.829. The summed E-state index contributed by atoms with van der Waals surface area (Å²) in [7, 11) is -3.99. The largest absolute Gasteiger partial charge is 0.405 e. The Morgan fingerprint density at radius 2 is 1.88 bits per heavy atom. The van der Waals surface area contributed by atoms with E-state index >= 15 is 0 Å². The van der Waals surface area contributed by atoms with Crippen LogP contribution in [0.2, 0.25) is 0 Å². The Bertz CT molecular complexity index is 671. The van der Waals surface area contributed by atoms with Gasteiger partial charge in [0.25, 0.3) is 0 Å². The summed E-state index contributed by atoms with van der Waals surface area (Å²) < 4.78 is 66.8. The first kappa shape index (κ1) is 19.2. The van der Waals surface area contributed by atoms with Gasteiger partial charge in [0.2, 0.25) is 10.0 Å². The van der Waals surface area contributed by atoms with Gasteiger partial charge in [-0.1, -0.05) is 17.7 Å². The SMILES string of the molecule is Cc1ccc(S(=O)(=O)NCC(N2CCNCC2)C(F)(F)F)c(C)c1. The van der Waals surface area contributed by atoms with Crippen molar-refractivity contribution in [3.05, 3.63) is 29.3 Å². The molecule has 1 aromatic rings. The number of benzene rings is 1. The van der Waals surface area contributed by atoms with Gasteiger partial charge in [0.1, 0.15) is 6.04 Å². The van der Waals surface area contributed by atoms with Crippen LogP contribution in [0.1, 0.15) is 11.1 Å². The van der Waals surface area contributed by atoms with Gasteiger partial charge in [0, 0.05) is 32.7 Å². The van der Waals surface area contributed by atoms with E-state index < -0.39 is 28.8 Å². The second kappa shape index (κ2) is 7.38. The van der Waals surface area contributed by atoms with Gasteiger partial charge in [-0.3, -0.25) is 4.90 Å². The number of alkyl halides is 3. The molecule has 1 unspecified atom stereocenters. The number of piperazine rings is 1. The summed E-state index contributed by atoms with van der Waals surface area (Å²) in [5, 5.41) is 2.98. The molecule has 1 aliphatic heterocycles. The summed E-state index contributed by atoms with van der Waals surface area (Å²) in [5.74, 6) is 0. The molecule has 0 aromatic heterocycles. The Labute approximate surface area is 140 Å². The molecule has 0 saturated carbocycles. The van der Waals surface area contributed by atoms with Gasteiger partial charge in [-0.25, -0.2) is 13.1 Å². The van der Waals surface area contributed by atoms with E-state index in [4.69, 9.17) is 0 Å². The Kier molecular flexibility index (Phi) is 5.90. The average Bonchev–Trinajstić information content (AvgIpc) is 2.46. The number of rotatable bonds is 5. The van der Waals surface area contributed by atoms with E-state index in [0.29, 0.717) is 18.7 Å². The summed E-state index contributed by atoms with van der Waals surface area (Å²) in [5.41, 5.74) is 1.40.